The first-order valence-electron chi connectivity index (χ1n) is 10.9. The minimum atomic E-state index is -0.775. The first-order valence-corrected chi connectivity index (χ1v) is 11.7. The van der Waals surface area contributed by atoms with Gasteiger partial charge in [0.2, 0.25) is 5.75 Å². The molecule has 0 bridgehead atoms. The lowest BCUT2D eigenvalue weighted by Crippen LogP contribution is -2.27. The summed E-state index contributed by atoms with van der Waals surface area (Å²) >= 11 is 0.827. The Kier molecular flexibility index (Phi) is 7.49. The number of amides is 2. The van der Waals surface area contributed by atoms with Gasteiger partial charge < -0.3 is 9.47 Å². The molecule has 1 aliphatic rings. The zero-order chi connectivity index (χ0) is 26.5. The number of rotatable bonds is 9. The zero-order valence-electron chi connectivity index (χ0n) is 19.4. The Bertz CT molecular complexity index is 1420. The lowest BCUT2D eigenvalue weighted by Gasteiger charge is -2.13. The third-order valence-electron chi connectivity index (χ3n) is 5.19. The Labute approximate surface area is 214 Å². The predicted octanol–water partition coefficient (Wildman–Crippen LogP) is 5.93. The number of benzene rings is 3. The predicted molar refractivity (Wildman–Crippen MR) is 135 cm³/mol. The van der Waals surface area contributed by atoms with Crippen LogP contribution in [0.2, 0.25) is 0 Å². The van der Waals surface area contributed by atoms with Crippen LogP contribution in [0.1, 0.15) is 18.1 Å². The van der Waals surface area contributed by atoms with Gasteiger partial charge in [-0.1, -0.05) is 36.4 Å². The van der Waals surface area contributed by atoms with Crippen molar-refractivity contribution in [3.63, 3.8) is 0 Å². The van der Waals surface area contributed by atoms with Crippen LogP contribution < -0.4 is 9.47 Å². The average molecular weight is 522 g/mol. The van der Waals surface area contributed by atoms with Gasteiger partial charge in [-0.3, -0.25) is 34.7 Å². The maximum absolute atomic E-state index is 12.9. The fourth-order valence-electron chi connectivity index (χ4n) is 3.49. The number of nitro groups is 2. The Morgan fingerprint density at radius 2 is 1.65 bits per heavy atom. The Hall–Kier alpha value is -4.71. The summed E-state index contributed by atoms with van der Waals surface area (Å²) in [5.41, 5.74) is 0.346. The molecule has 4 rings (SSSR count). The van der Waals surface area contributed by atoms with Crippen LogP contribution in [0.5, 0.6) is 17.2 Å². The molecule has 0 spiro atoms. The van der Waals surface area contributed by atoms with Crippen LogP contribution >= 0.6 is 11.8 Å². The van der Waals surface area contributed by atoms with Crippen molar-refractivity contribution in [3.05, 3.63) is 103 Å². The van der Waals surface area contributed by atoms with E-state index >= 15 is 0 Å². The Morgan fingerprint density at radius 3 is 2.32 bits per heavy atom. The summed E-state index contributed by atoms with van der Waals surface area (Å²) in [7, 11) is 0. The van der Waals surface area contributed by atoms with E-state index < -0.39 is 27.1 Å². The van der Waals surface area contributed by atoms with Gasteiger partial charge in [-0.15, -0.1) is 0 Å². The molecule has 12 heteroatoms. The van der Waals surface area contributed by atoms with Crippen LogP contribution in [-0.4, -0.2) is 32.5 Å². The van der Waals surface area contributed by atoms with Crippen molar-refractivity contribution in [2.24, 2.45) is 0 Å². The number of ether oxygens (including phenoxy) is 2. The fraction of sp³-hybridized carbons (Fsp3) is 0.120. The summed E-state index contributed by atoms with van der Waals surface area (Å²) in [6.07, 6.45) is 1.55. The topological polar surface area (TPSA) is 142 Å². The Morgan fingerprint density at radius 1 is 0.919 bits per heavy atom. The number of carbonyl (C=O) groups excluding carboxylic acids is 2. The minimum absolute atomic E-state index is 0.133. The molecule has 0 radical (unpaired) electrons. The highest BCUT2D eigenvalue weighted by Crippen LogP contribution is 2.40. The maximum Gasteiger partial charge on any atom is 0.318 e. The minimum Gasteiger partial charge on any atom is -0.490 e. The van der Waals surface area contributed by atoms with Crippen LogP contribution in [0, 0.1) is 20.2 Å². The molecule has 0 unspecified atom stereocenters. The van der Waals surface area contributed by atoms with Gasteiger partial charge in [0.25, 0.3) is 16.8 Å². The van der Waals surface area contributed by atoms with E-state index in [9.17, 15) is 29.8 Å². The molecule has 0 aromatic heterocycles. The van der Waals surface area contributed by atoms with Crippen molar-refractivity contribution in [3.8, 4) is 17.2 Å². The van der Waals surface area contributed by atoms with Crippen LogP contribution in [-0.2, 0) is 11.3 Å². The van der Waals surface area contributed by atoms with Gasteiger partial charge in [0, 0.05) is 6.07 Å². The van der Waals surface area contributed by atoms with Gasteiger partial charge in [-0.25, -0.2) is 0 Å². The molecule has 0 aliphatic carbocycles. The fourth-order valence-corrected chi connectivity index (χ4v) is 4.33. The summed E-state index contributed by atoms with van der Waals surface area (Å²) in [4.78, 5) is 47.6. The number of nitro benzene ring substituents is 2. The van der Waals surface area contributed by atoms with E-state index in [1.165, 1.54) is 11.0 Å². The largest absolute Gasteiger partial charge is 0.490 e. The number of nitrogens with zero attached hydrogens (tertiary/aromatic N) is 3. The second kappa shape index (κ2) is 10.9. The van der Waals surface area contributed by atoms with E-state index in [0.29, 0.717) is 5.56 Å². The van der Waals surface area contributed by atoms with E-state index in [0.717, 1.165) is 35.5 Å². The molecule has 1 fully saturated rings. The van der Waals surface area contributed by atoms with Gasteiger partial charge in [0.15, 0.2) is 11.5 Å². The number of carbonyl (C=O) groups is 2. The Balaban J connectivity index is 1.60. The number of non-ortho nitro benzene ring substituents is 1. The summed E-state index contributed by atoms with van der Waals surface area (Å²) in [5, 5.41) is 22.0. The molecule has 3 aromatic rings. The lowest BCUT2D eigenvalue weighted by molar-refractivity contribution is -0.394. The lowest BCUT2D eigenvalue weighted by atomic mass is 10.1. The third-order valence-corrected chi connectivity index (χ3v) is 6.10. The highest BCUT2D eigenvalue weighted by Gasteiger charge is 2.35. The number of hydrogen-bond acceptors (Lipinski definition) is 9. The van der Waals surface area contributed by atoms with Crippen molar-refractivity contribution < 1.29 is 28.9 Å². The summed E-state index contributed by atoms with van der Waals surface area (Å²) in [6.45, 7) is 2.14. The average Bonchev–Trinajstić information content (AvgIpc) is 3.13. The van der Waals surface area contributed by atoms with E-state index in [1.807, 2.05) is 30.3 Å². The van der Waals surface area contributed by atoms with Crippen LogP contribution in [0.15, 0.2) is 71.6 Å². The molecule has 11 nitrogen and oxygen atoms in total. The standard InChI is InChI=1S/C25H19N3O8S/c1-2-35-22-12-17(13-23-24(29)26(25(30)37-23)15-16-6-4-3-5-7-16)8-10-21(22)36-20-11-9-18(27(31)32)14-19(20)28(33)34/h3-14H,2,15H2,1H3/b23-13-. The summed E-state index contributed by atoms with van der Waals surface area (Å²) in [6, 6.07) is 16.9. The number of imide groups is 1. The van der Waals surface area contributed by atoms with Gasteiger partial charge in [-0.2, -0.15) is 0 Å². The van der Waals surface area contributed by atoms with Crippen molar-refractivity contribution in [1.29, 1.82) is 0 Å². The smallest absolute Gasteiger partial charge is 0.318 e. The molecular weight excluding hydrogens is 502 g/mol. The normalized spacial score (nSPS) is 14.2. The summed E-state index contributed by atoms with van der Waals surface area (Å²) < 4.78 is 11.3. The van der Waals surface area contributed by atoms with E-state index in [4.69, 9.17) is 9.47 Å². The molecule has 1 heterocycles. The van der Waals surface area contributed by atoms with Crippen LogP contribution in [0.4, 0.5) is 16.2 Å². The molecular formula is C25H19N3O8S. The molecule has 3 aromatic carbocycles. The van der Waals surface area contributed by atoms with Crippen molar-refractivity contribution in [2.75, 3.05) is 6.61 Å². The molecule has 1 aliphatic heterocycles. The van der Waals surface area contributed by atoms with E-state index in [1.54, 1.807) is 25.1 Å². The van der Waals surface area contributed by atoms with E-state index in [-0.39, 0.29) is 40.5 Å². The van der Waals surface area contributed by atoms with Crippen molar-refractivity contribution in [2.45, 2.75) is 13.5 Å². The molecule has 37 heavy (non-hydrogen) atoms. The molecule has 188 valence electrons. The van der Waals surface area contributed by atoms with Gasteiger partial charge in [0.05, 0.1) is 34.0 Å². The first kappa shape index (κ1) is 25.4. The maximum atomic E-state index is 12.9. The highest BCUT2D eigenvalue weighted by atomic mass is 32.2. The van der Waals surface area contributed by atoms with Gasteiger partial charge >= 0.3 is 5.69 Å². The number of thioether (sulfide) groups is 1. The zero-order valence-corrected chi connectivity index (χ0v) is 20.2. The molecule has 1 saturated heterocycles. The third kappa shape index (κ3) is 5.76. The van der Waals surface area contributed by atoms with Crippen LogP contribution in [0.3, 0.4) is 0 Å². The highest BCUT2D eigenvalue weighted by molar-refractivity contribution is 8.18. The number of hydrogen-bond donors (Lipinski definition) is 0. The molecule has 0 atom stereocenters. The second-order valence-electron chi connectivity index (χ2n) is 7.66. The summed E-state index contributed by atoms with van der Waals surface area (Å²) in [5.74, 6) is -0.259. The second-order valence-corrected chi connectivity index (χ2v) is 8.65. The molecule has 0 saturated carbocycles. The first-order chi connectivity index (χ1) is 17.8. The quantitative estimate of drug-likeness (QED) is 0.190. The SMILES string of the molecule is CCOc1cc(/C=C2\SC(=O)N(Cc3ccccc3)C2=O)ccc1Oc1ccc([N+](=O)[O-])cc1[N+](=O)[O-]. The van der Waals surface area contributed by atoms with Crippen molar-refractivity contribution in [1.82, 2.24) is 4.90 Å². The van der Waals surface area contributed by atoms with Crippen molar-refractivity contribution >= 4 is 40.4 Å². The van der Waals surface area contributed by atoms with Gasteiger partial charge in [0.1, 0.15) is 0 Å². The monoisotopic (exact) mass is 521 g/mol. The van der Waals surface area contributed by atoms with E-state index in [2.05, 4.69) is 0 Å². The van der Waals surface area contributed by atoms with Gasteiger partial charge in [-0.05, 0) is 54.1 Å². The molecule has 0 N–H and O–H groups in total. The van der Waals surface area contributed by atoms with Crippen LogP contribution in [0.25, 0.3) is 6.08 Å². The molecule has 2 amide bonds.